The Hall–Kier alpha value is -2.89. The van der Waals surface area contributed by atoms with E-state index in [1.165, 1.54) is 12.1 Å². The fourth-order valence-corrected chi connectivity index (χ4v) is 2.79. The Balaban J connectivity index is 1.60. The predicted octanol–water partition coefficient (Wildman–Crippen LogP) is 3.06. The molecule has 0 unspecified atom stereocenters. The number of fused-ring (bicyclic) bond motifs is 1. The van der Waals surface area contributed by atoms with Crippen molar-refractivity contribution in [2.45, 2.75) is 19.3 Å². The van der Waals surface area contributed by atoms with Crippen molar-refractivity contribution in [3.8, 4) is 5.75 Å². The molecular formula is C18H17FN2O3. The quantitative estimate of drug-likeness (QED) is 0.755. The van der Waals surface area contributed by atoms with E-state index in [1.807, 2.05) is 24.3 Å². The SMILES string of the molecule is O=C(CC[C@@H]1Cc2ccccc2NC1=O)Nc1c(O)cccc1F. The lowest BCUT2D eigenvalue weighted by atomic mass is 9.89. The fourth-order valence-electron chi connectivity index (χ4n) is 2.79. The first-order chi connectivity index (χ1) is 11.5. The molecule has 2 aromatic carbocycles. The maximum atomic E-state index is 13.6. The van der Waals surface area contributed by atoms with Crippen LogP contribution in [0.5, 0.6) is 5.75 Å². The van der Waals surface area contributed by atoms with Crippen LogP contribution in [0.3, 0.4) is 0 Å². The molecule has 1 heterocycles. The van der Waals surface area contributed by atoms with Crippen molar-refractivity contribution in [3.63, 3.8) is 0 Å². The van der Waals surface area contributed by atoms with Gasteiger partial charge < -0.3 is 15.7 Å². The highest BCUT2D eigenvalue weighted by Crippen LogP contribution is 2.29. The van der Waals surface area contributed by atoms with Crippen LogP contribution in [0.2, 0.25) is 0 Å². The van der Waals surface area contributed by atoms with Crippen LogP contribution < -0.4 is 10.6 Å². The summed E-state index contributed by atoms with van der Waals surface area (Å²) in [6.07, 6.45) is 0.982. The number of halogens is 1. The Morgan fingerprint density at radius 2 is 2.04 bits per heavy atom. The fraction of sp³-hybridized carbons (Fsp3) is 0.222. The average molecular weight is 328 g/mol. The van der Waals surface area contributed by atoms with Crippen LogP contribution in [0.4, 0.5) is 15.8 Å². The number of benzene rings is 2. The highest BCUT2D eigenvalue weighted by molar-refractivity contribution is 5.97. The summed E-state index contributed by atoms with van der Waals surface area (Å²) >= 11 is 0. The smallest absolute Gasteiger partial charge is 0.227 e. The van der Waals surface area contributed by atoms with Gasteiger partial charge in [-0.05, 0) is 36.6 Å². The molecule has 3 N–H and O–H groups in total. The molecule has 124 valence electrons. The van der Waals surface area contributed by atoms with Crippen LogP contribution in [-0.4, -0.2) is 16.9 Å². The average Bonchev–Trinajstić information content (AvgIpc) is 2.56. The minimum atomic E-state index is -0.701. The van der Waals surface area contributed by atoms with Gasteiger partial charge in [-0.1, -0.05) is 24.3 Å². The molecule has 0 saturated carbocycles. The second kappa shape index (κ2) is 6.70. The highest BCUT2D eigenvalue weighted by Gasteiger charge is 2.26. The topological polar surface area (TPSA) is 78.4 Å². The molecule has 0 fully saturated rings. The van der Waals surface area contributed by atoms with E-state index < -0.39 is 11.7 Å². The first-order valence-electron chi connectivity index (χ1n) is 7.70. The van der Waals surface area contributed by atoms with E-state index >= 15 is 0 Å². The Morgan fingerprint density at radius 1 is 1.25 bits per heavy atom. The van der Waals surface area contributed by atoms with E-state index in [0.29, 0.717) is 12.8 Å². The third-order valence-corrected chi connectivity index (χ3v) is 4.09. The molecule has 1 aliphatic rings. The minimum absolute atomic E-state index is 0.0635. The lowest BCUT2D eigenvalue weighted by Crippen LogP contribution is -2.30. The second-order valence-corrected chi connectivity index (χ2v) is 5.77. The largest absolute Gasteiger partial charge is 0.506 e. The van der Waals surface area contributed by atoms with Gasteiger partial charge in [0.05, 0.1) is 0 Å². The first kappa shape index (κ1) is 16.0. The van der Waals surface area contributed by atoms with E-state index in [9.17, 15) is 19.1 Å². The number of anilines is 2. The molecule has 1 atom stereocenters. The molecular weight excluding hydrogens is 311 g/mol. The number of carbonyl (C=O) groups is 2. The molecule has 0 saturated heterocycles. The van der Waals surface area contributed by atoms with E-state index in [2.05, 4.69) is 10.6 Å². The number of amides is 2. The highest BCUT2D eigenvalue weighted by atomic mass is 19.1. The molecule has 0 spiro atoms. The summed E-state index contributed by atoms with van der Waals surface area (Å²) in [6.45, 7) is 0. The number of rotatable bonds is 4. The van der Waals surface area contributed by atoms with Crippen molar-refractivity contribution in [1.29, 1.82) is 0 Å². The van der Waals surface area contributed by atoms with E-state index in [0.717, 1.165) is 17.3 Å². The summed E-state index contributed by atoms with van der Waals surface area (Å²) in [5.74, 6) is -1.89. The van der Waals surface area contributed by atoms with Gasteiger partial charge >= 0.3 is 0 Å². The third kappa shape index (κ3) is 3.37. The Labute approximate surface area is 138 Å². The van der Waals surface area contributed by atoms with Gasteiger partial charge in [0, 0.05) is 18.0 Å². The van der Waals surface area contributed by atoms with Crippen molar-refractivity contribution in [2.24, 2.45) is 5.92 Å². The molecule has 24 heavy (non-hydrogen) atoms. The molecule has 0 aliphatic carbocycles. The van der Waals surface area contributed by atoms with Crippen LogP contribution in [0.1, 0.15) is 18.4 Å². The van der Waals surface area contributed by atoms with E-state index in [1.54, 1.807) is 0 Å². The Morgan fingerprint density at radius 3 is 2.83 bits per heavy atom. The van der Waals surface area contributed by atoms with Crippen LogP contribution in [0, 0.1) is 11.7 Å². The van der Waals surface area contributed by atoms with E-state index in [-0.39, 0.29) is 29.7 Å². The van der Waals surface area contributed by atoms with Gasteiger partial charge in [-0.25, -0.2) is 4.39 Å². The van der Waals surface area contributed by atoms with Gasteiger partial charge in [-0.2, -0.15) is 0 Å². The zero-order chi connectivity index (χ0) is 17.1. The molecule has 5 nitrogen and oxygen atoms in total. The third-order valence-electron chi connectivity index (χ3n) is 4.09. The maximum absolute atomic E-state index is 13.6. The molecule has 3 rings (SSSR count). The summed E-state index contributed by atoms with van der Waals surface area (Å²) in [5.41, 5.74) is 1.61. The van der Waals surface area contributed by atoms with Gasteiger partial charge in [-0.15, -0.1) is 0 Å². The normalized spacial score (nSPS) is 16.2. The predicted molar refractivity (Wildman–Crippen MR) is 88.2 cm³/mol. The van der Waals surface area contributed by atoms with Gasteiger partial charge in [0.25, 0.3) is 0 Å². The van der Waals surface area contributed by atoms with Crippen molar-refractivity contribution < 1.29 is 19.1 Å². The number of aromatic hydroxyl groups is 1. The molecule has 6 heteroatoms. The number of phenolic OH excluding ortho intramolecular Hbond substituents is 1. The second-order valence-electron chi connectivity index (χ2n) is 5.77. The summed E-state index contributed by atoms with van der Waals surface area (Å²) in [4.78, 5) is 24.1. The number of phenols is 1. The van der Waals surface area contributed by atoms with Crippen LogP contribution in [0.15, 0.2) is 42.5 Å². The van der Waals surface area contributed by atoms with E-state index in [4.69, 9.17) is 0 Å². The zero-order valence-corrected chi connectivity index (χ0v) is 12.9. The van der Waals surface area contributed by atoms with Crippen LogP contribution in [0.25, 0.3) is 0 Å². The van der Waals surface area contributed by atoms with Crippen LogP contribution in [-0.2, 0) is 16.0 Å². The minimum Gasteiger partial charge on any atom is -0.506 e. The van der Waals surface area contributed by atoms with Gasteiger partial charge in [0.2, 0.25) is 11.8 Å². The lowest BCUT2D eigenvalue weighted by molar-refractivity contribution is -0.121. The maximum Gasteiger partial charge on any atom is 0.227 e. The van der Waals surface area contributed by atoms with Crippen molar-refractivity contribution in [3.05, 3.63) is 53.8 Å². The van der Waals surface area contributed by atoms with Crippen molar-refractivity contribution in [1.82, 2.24) is 0 Å². The van der Waals surface area contributed by atoms with Gasteiger partial charge in [0.1, 0.15) is 11.4 Å². The van der Waals surface area contributed by atoms with Gasteiger partial charge in [-0.3, -0.25) is 9.59 Å². The number of para-hydroxylation sites is 2. The molecule has 0 bridgehead atoms. The monoisotopic (exact) mass is 328 g/mol. The summed E-state index contributed by atoms with van der Waals surface area (Å²) in [6, 6.07) is 11.3. The summed E-state index contributed by atoms with van der Waals surface area (Å²) in [7, 11) is 0. The van der Waals surface area contributed by atoms with Crippen LogP contribution >= 0.6 is 0 Å². The lowest BCUT2D eigenvalue weighted by Gasteiger charge is -2.24. The molecule has 0 radical (unpaired) electrons. The number of carbonyl (C=O) groups excluding carboxylic acids is 2. The molecule has 2 amide bonds. The summed E-state index contributed by atoms with van der Waals surface area (Å²) < 4.78 is 13.6. The van der Waals surface area contributed by atoms with Crippen molar-refractivity contribution >= 4 is 23.2 Å². The zero-order valence-electron chi connectivity index (χ0n) is 12.9. The van der Waals surface area contributed by atoms with Gasteiger partial charge in [0.15, 0.2) is 5.82 Å². The standard InChI is InChI=1S/C18H17FN2O3/c19-13-5-3-7-15(22)17(13)21-16(23)9-8-12-10-11-4-1-2-6-14(11)20-18(12)24/h1-7,12,22H,8-10H2,(H,20,24)(H,21,23)/t12-/m1/s1. The summed E-state index contributed by atoms with van der Waals surface area (Å²) in [5, 5.41) is 14.8. The molecule has 0 aromatic heterocycles. The number of hydrogen-bond donors (Lipinski definition) is 3. The number of nitrogens with one attached hydrogen (secondary N) is 2. The molecule has 1 aliphatic heterocycles. The number of hydrogen-bond acceptors (Lipinski definition) is 3. The van der Waals surface area contributed by atoms with Crippen molar-refractivity contribution in [2.75, 3.05) is 10.6 Å². The Bertz CT molecular complexity index is 771. The first-order valence-corrected chi connectivity index (χ1v) is 7.70. The molecule has 2 aromatic rings. The Kier molecular flexibility index (Phi) is 4.46.